The molecular weight excluding hydrogens is 415 g/mol. The Morgan fingerprint density at radius 1 is 1.30 bits per heavy atom. The summed E-state index contributed by atoms with van der Waals surface area (Å²) in [6.07, 6.45) is -2.67. The van der Waals surface area contributed by atoms with E-state index in [4.69, 9.17) is 14.6 Å². The van der Waals surface area contributed by atoms with Crippen molar-refractivity contribution in [2.45, 2.75) is 35.6 Å². The number of ether oxygens (including phenoxy) is 2. The first-order valence-corrected chi connectivity index (χ1v) is 8.38. The minimum absolute atomic E-state index is 0.272. The fourth-order valence-electron chi connectivity index (χ4n) is 3.08. The zero-order valence-electron chi connectivity index (χ0n) is 12.8. The summed E-state index contributed by atoms with van der Waals surface area (Å²) in [5.41, 5.74) is -0.638. The molecule has 0 radical (unpaired) electrons. The Balaban J connectivity index is 2.24. The Bertz CT molecular complexity index is 577. The molecule has 1 aliphatic rings. The number of aliphatic hydroxyl groups is 1. The number of carboxylic acid groups (broad SMARTS) is 1. The van der Waals surface area contributed by atoms with Crippen molar-refractivity contribution in [1.82, 2.24) is 0 Å². The Morgan fingerprint density at radius 2 is 1.91 bits per heavy atom. The fraction of sp³-hybridized carbons (Fsp3) is 0.500. The molecule has 0 amide bonds. The molecular formula is C16H19IO6. The normalized spacial score (nSPS) is 33.4. The highest BCUT2D eigenvalue weighted by molar-refractivity contribution is 14.1. The van der Waals surface area contributed by atoms with Crippen LogP contribution in [0.3, 0.4) is 0 Å². The molecule has 5 atom stereocenters. The van der Waals surface area contributed by atoms with E-state index in [2.05, 4.69) is 0 Å². The monoisotopic (exact) mass is 434 g/mol. The standard InChI is InChI=1S/C16H19IO6/c1-16(8-10(18)19)13(20)11(17)12(14(16)22-2)23-15(21)9-6-4-3-5-7-9/h3-7,11-14,20H,8H2,1-2H3,(H,18,19)/t11?,12-,13+,14+,16?/m1/s1. The average molecular weight is 434 g/mol. The molecule has 1 aromatic rings. The van der Waals surface area contributed by atoms with Crippen LogP contribution in [0.25, 0.3) is 0 Å². The van der Waals surface area contributed by atoms with Crippen molar-refractivity contribution in [2.24, 2.45) is 5.41 Å². The second-order valence-electron chi connectivity index (χ2n) is 5.86. The van der Waals surface area contributed by atoms with Crippen LogP contribution in [0.1, 0.15) is 23.7 Å². The smallest absolute Gasteiger partial charge is 0.338 e. The van der Waals surface area contributed by atoms with Crippen molar-refractivity contribution in [3.8, 4) is 0 Å². The highest BCUT2D eigenvalue weighted by atomic mass is 127. The molecule has 1 fully saturated rings. The predicted octanol–water partition coefficient (Wildman–Crippen LogP) is 1.89. The molecule has 0 spiro atoms. The van der Waals surface area contributed by atoms with Crippen molar-refractivity contribution in [3.63, 3.8) is 0 Å². The van der Waals surface area contributed by atoms with Gasteiger partial charge in [0.05, 0.1) is 22.0 Å². The van der Waals surface area contributed by atoms with Crippen LogP contribution >= 0.6 is 22.6 Å². The predicted molar refractivity (Wildman–Crippen MR) is 90.6 cm³/mol. The van der Waals surface area contributed by atoms with Gasteiger partial charge in [-0.3, -0.25) is 4.79 Å². The summed E-state index contributed by atoms with van der Waals surface area (Å²) in [7, 11) is 1.43. The number of aliphatic carboxylic acids is 1. The molecule has 7 heteroatoms. The van der Waals surface area contributed by atoms with Gasteiger partial charge in [0.1, 0.15) is 12.2 Å². The number of alkyl halides is 1. The van der Waals surface area contributed by atoms with E-state index >= 15 is 0 Å². The summed E-state index contributed by atoms with van der Waals surface area (Å²) < 4.78 is 10.5. The van der Waals surface area contributed by atoms with Crippen molar-refractivity contribution in [3.05, 3.63) is 35.9 Å². The molecule has 0 aromatic heterocycles. The summed E-state index contributed by atoms with van der Waals surface area (Å²) in [4.78, 5) is 23.4. The van der Waals surface area contributed by atoms with Gasteiger partial charge in [0.2, 0.25) is 0 Å². The van der Waals surface area contributed by atoms with Crippen LogP contribution in [0.2, 0.25) is 0 Å². The lowest BCUT2D eigenvalue weighted by Crippen LogP contribution is -2.42. The third-order valence-electron chi connectivity index (χ3n) is 4.28. The molecule has 0 heterocycles. The van der Waals surface area contributed by atoms with E-state index in [0.717, 1.165) is 0 Å². The largest absolute Gasteiger partial charge is 0.481 e. The van der Waals surface area contributed by atoms with E-state index < -0.39 is 39.6 Å². The molecule has 2 unspecified atom stereocenters. The molecule has 2 rings (SSSR count). The lowest BCUT2D eigenvalue weighted by molar-refractivity contribution is -0.145. The molecule has 1 saturated carbocycles. The summed E-state index contributed by atoms with van der Waals surface area (Å²) in [5, 5.41) is 19.6. The van der Waals surface area contributed by atoms with Crippen LogP contribution < -0.4 is 0 Å². The number of halogens is 1. The second kappa shape index (κ2) is 7.14. The van der Waals surface area contributed by atoms with Crippen LogP contribution in [0.5, 0.6) is 0 Å². The topological polar surface area (TPSA) is 93.1 Å². The van der Waals surface area contributed by atoms with Crippen molar-refractivity contribution in [2.75, 3.05) is 7.11 Å². The number of hydrogen-bond acceptors (Lipinski definition) is 5. The Labute approximate surface area is 147 Å². The zero-order chi connectivity index (χ0) is 17.2. The van der Waals surface area contributed by atoms with E-state index in [1.165, 1.54) is 7.11 Å². The molecule has 1 aliphatic carbocycles. The number of carbonyl (C=O) groups is 2. The van der Waals surface area contributed by atoms with Gasteiger partial charge in [-0.15, -0.1) is 0 Å². The third kappa shape index (κ3) is 3.51. The summed E-state index contributed by atoms with van der Waals surface area (Å²) in [5.74, 6) is -1.56. The number of methoxy groups -OCH3 is 1. The van der Waals surface area contributed by atoms with Gasteiger partial charge in [-0.25, -0.2) is 4.79 Å². The number of esters is 1. The number of hydrogen-bond donors (Lipinski definition) is 2. The molecule has 2 N–H and O–H groups in total. The van der Waals surface area contributed by atoms with E-state index in [0.29, 0.717) is 5.56 Å². The maximum absolute atomic E-state index is 12.3. The highest BCUT2D eigenvalue weighted by Gasteiger charge is 2.59. The number of rotatable bonds is 5. The molecule has 0 bridgehead atoms. The van der Waals surface area contributed by atoms with Crippen molar-refractivity contribution >= 4 is 34.5 Å². The van der Waals surface area contributed by atoms with E-state index in [1.54, 1.807) is 37.3 Å². The number of carboxylic acids is 1. The minimum atomic E-state index is -1.03. The summed E-state index contributed by atoms with van der Waals surface area (Å²) >= 11 is 1.98. The maximum Gasteiger partial charge on any atom is 0.338 e. The SMILES string of the molecule is CO[C@H]1[C@H](OC(=O)c2ccccc2)C(I)[C@H](O)C1(C)CC(=O)O. The van der Waals surface area contributed by atoms with E-state index in [-0.39, 0.29) is 6.42 Å². The van der Waals surface area contributed by atoms with Crippen LogP contribution in [-0.4, -0.2) is 51.5 Å². The first-order valence-electron chi connectivity index (χ1n) is 7.14. The molecule has 6 nitrogen and oxygen atoms in total. The molecule has 126 valence electrons. The Morgan fingerprint density at radius 3 is 2.43 bits per heavy atom. The zero-order valence-corrected chi connectivity index (χ0v) is 15.0. The number of carbonyl (C=O) groups excluding carboxylic acids is 1. The van der Waals surface area contributed by atoms with Gasteiger partial charge < -0.3 is 19.7 Å². The fourth-order valence-corrected chi connectivity index (χ4v) is 4.43. The first kappa shape index (κ1) is 18.2. The van der Waals surface area contributed by atoms with Gasteiger partial charge in [0, 0.05) is 12.5 Å². The summed E-state index contributed by atoms with van der Waals surface area (Å²) in [6.45, 7) is 1.64. The van der Waals surface area contributed by atoms with E-state index in [1.807, 2.05) is 22.6 Å². The van der Waals surface area contributed by atoms with Crippen LogP contribution in [-0.2, 0) is 14.3 Å². The van der Waals surface area contributed by atoms with Crippen LogP contribution in [0.15, 0.2) is 30.3 Å². The molecule has 1 aromatic carbocycles. The van der Waals surface area contributed by atoms with Crippen molar-refractivity contribution < 1.29 is 29.3 Å². The first-order chi connectivity index (χ1) is 10.8. The summed E-state index contributed by atoms with van der Waals surface area (Å²) in [6, 6.07) is 8.51. The van der Waals surface area contributed by atoms with Gasteiger partial charge in [-0.05, 0) is 12.1 Å². The average Bonchev–Trinajstić information content (AvgIpc) is 2.68. The lowest BCUT2D eigenvalue weighted by Gasteiger charge is -2.32. The Kier molecular flexibility index (Phi) is 5.64. The minimum Gasteiger partial charge on any atom is -0.481 e. The van der Waals surface area contributed by atoms with Gasteiger partial charge in [-0.1, -0.05) is 47.7 Å². The quantitative estimate of drug-likeness (QED) is 0.418. The highest BCUT2D eigenvalue weighted by Crippen LogP contribution is 2.47. The maximum atomic E-state index is 12.3. The molecule has 0 saturated heterocycles. The van der Waals surface area contributed by atoms with Gasteiger partial charge in [-0.2, -0.15) is 0 Å². The van der Waals surface area contributed by atoms with Gasteiger partial charge in [0.25, 0.3) is 0 Å². The number of aliphatic hydroxyl groups excluding tert-OH is 1. The second-order valence-corrected chi connectivity index (χ2v) is 7.30. The van der Waals surface area contributed by atoms with Gasteiger partial charge >= 0.3 is 11.9 Å². The molecule has 23 heavy (non-hydrogen) atoms. The van der Waals surface area contributed by atoms with Crippen LogP contribution in [0, 0.1) is 5.41 Å². The van der Waals surface area contributed by atoms with Crippen LogP contribution in [0.4, 0.5) is 0 Å². The molecule has 0 aliphatic heterocycles. The lowest BCUT2D eigenvalue weighted by atomic mass is 9.81. The number of benzene rings is 1. The Hall–Kier alpha value is -1.19. The van der Waals surface area contributed by atoms with E-state index in [9.17, 15) is 14.7 Å². The third-order valence-corrected chi connectivity index (χ3v) is 5.67. The van der Waals surface area contributed by atoms with Crippen molar-refractivity contribution in [1.29, 1.82) is 0 Å². The van der Waals surface area contributed by atoms with Gasteiger partial charge in [0.15, 0.2) is 0 Å².